The van der Waals surface area contributed by atoms with Crippen LogP contribution in [-0.2, 0) is 0 Å². The van der Waals surface area contributed by atoms with Crippen molar-refractivity contribution < 1.29 is 5.11 Å². The van der Waals surface area contributed by atoms with Crippen LogP contribution >= 0.6 is 9.24 Å². The van der Waals surface area contributed by atoms with Crippen molar-refractivity contribution in [1.29, 1.82) is 0 Å². The summed E-state index contributed by atoms with van der Waals surface area (Å²) in [6.07, 6.45) is 0. The third-order valence-electron chi connectivity index (χ3n) is 2.99. The van der Waals surface area contributed by atoms with E-state index in [1.54, 1.807) is 0 Å². The van der Waals surface area contributed by atoms with Crippen molar-refractivity contribution in [3.8, 4) is 0 Å². The van der Waals surface area contributed by atoms with Gasteiger partial charge in [-0.3, -0.25) is 9.80 Å². The molecule has 0 saturated carbocycles. The van der Waals surface area contributed by atoms with E-state index in [1.807, 2.05) is 0 Å². The molecule has 0 fully saturated rings. The molecule has 0 aliphatic heterocycles. The molecule has 0 aliphatic carbocycles. The van der Waals surface area contributed by atoms with Gasteiger partial charge in [0.2, 0.25) is 0 Å². The summed E-state index contributed by atoms with van der Waals surface area (Å²) < 4.78 is 0. The minimum absolute atomic E-state index is 0.289. The predicted octanol–water partition coefficient (Wildman–Crippen LogP) is 2.70. The Balaban J connectivity index is 5.30. The maximum Gasteiger partial charge on any atom is 0.190 e. The van der Waals surface area contributed by atoms with E-state index in [-0.39, 0.29) is 24.2 Å². The van der Waals surface area contributed by atoms with E-state index in [4.69, 9.17) is 0 Å². The maximum absolute atomic E-state index is 10.9. The van der Waals surface area contributed by atoms with Gasteiger partial charge < -0.3 is 5.11 Å². The predicted molar refractivity (Wildman–Crippen MR) is 78.9 cm³/mol. The molecule has 0 spiro atoms. The van der Waals surface area contributed by atoms with Crippen molar-refractivity contribution in [3.05, 3.63) is 0 Å². The van der Waals surface area contributed by atoms with Gasteiger partial charge >= 0.3 is 0 Å². The van der Waals surface area contributed by atoms with Gasteiger partial charge in [0.15, 0.2) is 5.59 Å². The molecule has 0 bridgehead atoms. The molecule has 1 N–H and O–H groups in total. The van der Waals surface area contributed by atoms with Crippen LogP contribution in [-0.4, -0.2) is 44.7 Å². The highest BCUT2D eigenvalue weighted by atomic mass is 31.0. The van der Waals surface area contributed by atoms with Crippen molar-refractivity contribution in [3.63, 3.8) is 0 Å². The molecular formula is C13H31N2OP. The summed E-state index contributed by atoms with van der Waals surface area (Å²) in [5, 5.41) is 10.9. The first kappa shape index (κ1) is 17.3. The van der Waals surface area contributed by atoms with E-state index in [9.17, 15) is 5.11 Å². The summed E-state index contributed by atoms with van der Waals surface area (Å²) in [6, 6.07) is 1.16. The second-order valence-electron chi connectivity index (χ2n) is 5.88. The SMILES string of the molecule is CC(C)N(C(C)C)C(O)(P)N(C(C)C)C(C)C. The van der Waals surface area contributed by atoms with Gasteiger partial charge in [-0.25, -0.2) is 0 Å². The lowest BCUT2D eigenvalue weighted by molar-refractivity contribution is -0.190. The summed E-state index contributed by atoms with van der Waals surface area (Å²) in [5.74, 6) is 0. The highest BCUT2D eigenvalue weighted by molar-refractivity contribution is 7.18. The standard InChI is InChI=1S/C13H31N2OP/c1-9(2)14(10(3)4)13(16,17)15(11(5)6)12(7)8/h9-12,16H,17H2,1-8H3. The van der Waals surface area contributed by atoms with Gasteiger partial charge in [0.05, 0.1) is 0 Å². The van der Waals surface area contributed by atoms with E-state index in [2.05, 4.69) is 74.4 Å². The van der Waals surface area contributed by atoms with Gasteiger partial charge in [-0.15, -0.1) is 0 Å². The van der Waals surface area contributed by atoms with Crippen LogP contribution in [0.15, 0.2) is 0 Å². The largest absolute Gasteiger partial charge is 0.360 e. The number of rotatable bonds is 6. The van der Waals surface area contributed by atoms with Gasteiger partial charge in [-0.2, -0.15) is 0 Å². The lowest BCUT2D eigenvalue weighted by Crippen LogP contribution is -2.64. The molecule has 0 aromatic rings. The Labute approximate surface area is 110 Å². The van der Waals surface area contributed by atoms with Crippen LogP contribution in [0.1, 0.15) is 55.4 Å². The molecule has 0 amide bonds. The summed E-state index contributed by atoms with van der Waals surface area (Å²) in [7, 11) is 2.63. The molecule has 1 atom stereocenters. The van der Waals surface area contributed by atoms with Crippen molar-refractivity contribution in [2.75, 3.05) is 0 Å². The molecule has 0 aromatic carbocycles. The molecule has 0 aliphatic rings. The molecule has 1 unspecified atom stereocenters. The van der Waals surface area contributed by atoms with Crippen molar-refractivity contribution in [2.24, 2.45) is 0 Å². The van der Waals surface area contributed by atoms with Crippen LogP contribution in [0.25, 0.3) is 0 Å². The number of nitrogens with zero attached hydrogens (tertiary/aromatic N) is 2. The van der Waals surface area contributed by atoms with Crippen LogP contribution < -0.4 is 0 Å². The first-order valence-corrected chi connectivity index (χ1v) is 7.19. The van der Waals surface area contributed by atoms with Gasteiger partial charge in [-0.05, 0) is 55.4 Å². The number of hydrogen-bond donors (Lipinski definition) is 1. The van der Waals surface area contributed by atoms with Crippen LogP contribution in [0.5, 0.6) is 0 Å². The highest BCUT2D eigenvalue weighted by Gasteiger charge is 2.41. The van der Waals surface area contributed by atoms with E-state index in [0.717, 1.165) is 0 Å². The fraction of sp³-hybridized carbons (Fsp3) is 1.00. The van der Waals surface area contributed by atoms with Gasteiger partial charge in [0, 0.05) is 24.2 Å². The molecule has 4 heteroatoms. The molecule has 0 saturated heterocycles. The zero-order chi connectivity index (χ0) is 14.0. The molecule has 0 heterocycles. The van der Waals surface area contributed by atoms with Crippen molar-refractivity contribution in [2.45, 2.75) is 85.1 Å². The fourth-order valence-corrected chi connectivity index (χ4v) is 4.04. The van der Waals surface area contributed by atoms with Crippen LogP contribution in [0.4, 0.5) is 0 Å². The third kappa shape index (κ3) is 4.17. The summed E-state index contributed by atoms with van der Waals surface area (Å²) in [4.78, 5) is 4.25. The third-order valence-corrected chi connectivity index (χ3v) is 3.58. The van der Waals surface area contributed by atoms with Crippen LogP contribution in [0.3, 0.4) is 0 Å². The second kappa shape index (κ2) is 6.47. The zero-order valence-electron chi connectivity index (χ0n) is 12.7. The quantitative estimate of drug-likeness (QED) is 0.589. The lowest BCUT2D eigenvalue weighted by Gasteiger charge is -2.51. The average molecular weight is 262 g/mol. The first-order chi connectivity index (χ1) is 7.53. The highest BCUT2D eigenvalue weighted by Crippen LogP contribution is 2.32. The van der Waals surface area contributed by atoms with E-state index in [1.165, 1.54) is 0 Å². The molecule has 0 radical (unpaired) electrons. The topological polar surface area (TPSA) is 26.7 Å². The first-order valence-electron chi connectivity index (χ1n) is 6.61. The Bertz CT molecular complexity index is 189. The normalized spacial score (nSPS) is 14.1. The smallest absolute Gasteiger partial charge is 0.190 e. The average Bonchev–Trinajstić information content (AvgIpc) is 1.96. The number of hydrogen-bond acceptors (Lipinski definition) is 3. The lowest BCUT2D eigenvalue weighted by atomic mass is 10.2. The van der Waals surface area contributed by atoms with E-state index in [0.29, 0.717) is 0 Å². The Morgan fingerprint density at radius 3 is 1.00 bits per heavy atom. The summed E-state index contributed by atoms with van der Waals surface area (Å²) >= 11 is 0. The Morgan fingerprint density at radius 1 is 0.706 bits per heavy atom. The van der Waals surface area contributed by atoms with Gasteiger partial charge in [0.25, 0.3) is 0 Å². The molecule has 17 heavy (non-hydrogen) atoms. The zero-order valence-corrected chi connectivity index (χ0v) is 13.9. The van der Waals surface area contributed by atoms with Crippen molar-refractivity contribution in [1.82, 2.24) is 9.80 Å². The molecular weight excluding hydrogens is 231 g/mol. The Kier molecular flexibility index (Phi) is 6.59. The summed E-state index contributed by atoms with van der Waals surface area (Å²) in [5.41, 5.74) is -0.995. The number of aliphatic hydroxyl groups is 1. The van der Waals surface area contributed by atoms with Gasteiger partial charge in [0.1, 0.15) is 0 Å². The van der Waals surface area contributed by atoms with E-state index >= 15 is 0 Å². The Morgan fingerprint density at radius 2 is 0.882 bits per heavy atom. The summed E-state index contributed by atoms with van der Waals surface area (Å²) in [6.45, 7) is 17.0. The minimum Gasteiger partial charge on any atom is -0.360 e. The molecule has 0 rings (SSSR count). The van der Waals surface area contributed by atoms with Gasteiger partial charge in [-0.1, -0.05) is 9.24 Å². The molecule has 0 aromatic heterocycles. The molecule has 3 nitrogen and oxygen atoms in total. The Hall–Kier alpha value is 0.310. The second-order valence-corrected chi connectivity index (χ2v) is 6.65. The minimum atomic E-state index is -0.995. The van der Waals surface area contributed by atoms with Crippen molar-refractivity contribution >= 4 is 9.24 Å². The van der Waals surface area contributed by atoms with Crippen LogP contribution in [0, 0.1) is 0 Å². The van der Waals surface area contributed by atoms with E-state index < -0.39 is 5.59 Å². The van der Waals surface area contributed by atoms with Crippen LogP contribution in [0.2, 0.25) is 0 Å². The maximum atomic E-state index is 10.9. The fourth-order valence-electron chi connectivity index (χ4n) is 2.85. The molecule has 104 valence electrons. The monoisotopic (exact) mass is 262 g/mol.